The fraction of sp³-hybridized carbons (Fsp3) is 0.273. The topological polar surface area (TPSA) is 109 Å². The molecule has 30 heavy (non-hydrogen) atoms. The Balaban J connectivity index is 1.50. The first-order valence-corrected chi connectivity index (χ1v) is 9.83. The van der Waals surface area contributed by atoms with Gasteiger partial charge >= 0.3 is 0 Å². The van der Waals surface area contributed by atoms with Crippen LogP contribution in [-0.2, 0) is 24.5 Å². The van der Waals surface area contributed by atoms with Crippen LogP contribution in [0.1, 0.15) is 46.9 Å². The number of nitrogens with zero attached hydrogens (tertiary/aromatic N) is 3. The SMILES string of the molecule is CCCC(=O)Nc1ccc(CNC(=O)c2ccc(Cn3cc(CO)nn3)cc2)cc1. The van der Waals surface area contributed by atoms with Gasteiger partial charge in [0.05, 0.1) is 19.3 Å². The smallest absolute Gasteiger partial charge is 0.251 e. The minimum atomic E-state index is -0.162. The molecular weight excluding hydrogens is 382 g/mol. The standard InChI is InChI=1S/C22H25N5O3/c1-2-3-21(29)24-19-10-6-16(7-11-19)12-23-22(30)18-8-4-17(5-9-18)13-27-14-20(15-28)25-26-27/h4-11,14,28H,2-3,12-13,15H2,1H3,(H,23,30)(H,24,29). The van der Waals surface area contributed by atoms with Crippen LogP contribution in [0.2, 0.25) is 0 Å². The van der Waals surface area contributed by atoms with Crippen molar-refractivity contribution in [2.24, 2.45) is 0 Å². The number of aliphatic hydroxyl groups is 1. The summed E-state index contributed by atoms with van der Waals surface area (Å²) in [6.45, 7) is 2.72. The van der Waals surface area contributed by atoms with Gasteiger partial charge in [0.15, 0.2) is 0 Å². The van der Waals surface area contributed by atoms with Gasteiger partial charge in [0, 0.05) is 24.2 Å². The molecule has 1 heterocycles. The second-order valence-electron chi connectivity index (χ2n) is 6.94. The molecule has 8 nitrogen and oxygen atoms in total. The quantitative estimate of drug-likeness (QED) is 0.505. The average Bonchev–Trinajstić information content (AvgIpc) is 3.21. The van der Waals surface area contributed by atoms with Crippen LogP contribution in [0.4, 0.5) is 5.69 Å². The molecule has 0 atom stereocenters. The van der Waals surface area contributed by atoms with Crippen molar-refractivity contribution in [1.82, 2.24) is 20.3 Å². The van der Waals surface area contributed by atoms with Crippen molar-refractivity contribution in [2.45, 2.75) is 39.5 Å². The number of carbonyl (C=O) groups excluding carboxylic acids is 2. The lowest BCUT2D eigenvalue weighted by Crippen LogP contribution is -2.22. The third kappa shape index (κ3) is 5.99. The van der Waals surface area contributed by atoms with Crippen LogP contribution in [0.25, 0.3) is 0 Å². The molecule has 0 unspecified atom stereocenters. The summed E-state index contributed by atoms with van der Waals surface area (Å²) in [6.07, 6.45) is 2.99. The Kier molecular flexibility index (Phi) is 7.29. The summed E-state index contributed by atoms with van der Waals surface area (Å²) in [5.74, 6) is -0.162. The number of nitrogens with one attached hydrogen (secondary N) is 2. The van der Waals surface area contributed by atoms with Gasteiger partial charge in [0.25, 0.3) is 5.91 Å². The van der Waals surface area contributed by atoms with E-state index in [9.17, 15) is 9.59 Å². The van der Waals surface area contributed by atoms with Gasteiger partial charge in [-0.15, -0.1) is 5.10 Å². The van der Waals surface area contributed by atoms with E-state index in [4.69, 9.17) is 5.11 Å². The monoisotopic (exact) mass is 407 g/mol. The van der Waals surface area contributed by atoms with Gasteiger partial charge in [-0.3, -0.25) is 9.59 Å². The van der Waals surface area contributed by atoms with Crippen LogP contribution in [0.15, 0.2) is 54.7 Å². The molecule has 2 amide bonds. The van der Waals surface area contributed by atoms with Crippen LogP contribution in [0.3, 0.4) is 0 Å². The van der Waals surface area contributed by atoms with Gasteiger partial charge in [-0.25, -0.2) is 4.68 Å². The Morgan fingerprint density at radius 1 is 1.03 bits per heavy atom. The lowest BCUT2D eigenvalue weighted by molar-refractivity contribution is -0.116. The molecule has 0 aliphatic heterocycles. The lowest BCUT2D eigenvalue weighted by atomic mass is 10.1. The van der Waals surface area contributed by atoms with Crippen molar-refractivity contribution < 1.29 is 14.7 Å². The number of hydrogen-bond donors (Lipinski definition) is 3. The third-order valence-corrected chi connectivity index (χ3v) is 4.48. The number of carbonyl (C=O) groups is 2. The zero-order valence-electron chi connectivity index (χ0n) is 16.8. The van der Waals surface area contributed by atoms with Crippen molar-refractivity contribution in [3.63, 3.8) is 0 Å². The molecule has 8 heteroatoms. The Bertz CT molecular complexity index is 981. The van der Waals surface area contributed by atoms with Gasteiger partial charge < -0.3 is 15.7 Å². The first kappa shape index (κ1) is 21.2. The summed E-state index contributed by atoms with van der Waals surface area (Å²) in [4.78, 5) is 24.0. The molecule has 2 aromatic carbocycles. The number of rotatable bonds is 9. The second kappa shape index (κ2) is 10.3. The van der Waals surface area contributed by atoms with Gasteiger partial charge in [-0.1, -0.05) is 36.4 Å². The van der Waals surface area contributed by atoms with Crippen LogP contribution < -0.4 is 10.6 Å². The minimum absolute atomic E-state index is 0.000318. The number of hydrogen-bond acceptors (Lipinski definition) is 5. The number of aliphatic hydroxyl groups excluding tert-OH is 1. The Labute approximate surface area is 174 Å². The summed E-state index contributed by atoms with van der Waals surface area (Å²) in [5, 5.41) is 22.5. The zero-order chi connectivity index (χ0) is 21.3. The van der Waals surface area contributed by atoms with Crippen molar-refractivity contribution in [3.8, 4) is 0 Å². The highest BCUT2D eigenvalue weighted by molar-refractivity contribution is 5.94. The lowest BCUT2D eigenvalue weighted by Gasteiger charge is -2.08. The molecule has 0 bridgehead atoms. The van der Waals surface area contributed by atoms with Crippen molar-refractivity contribution in [1.29, 1.82) is 0 Å². The molecule has 0 aliphatic carbocycles. The molecule has 0 saturated heterocycles. The Morgan fingerprint density at radius 2 is 1.73 bits per heavy atom. The van der Waals surface area contributed by atoms with Crippen LogP contribution in [0.5, 0.6) is 0 Å². The molecule has 3 rings (SSSR count). The van der Waals surface area contributed by atoms with E-state index in [0.717, 1.165) is 23.2 Å². The number of amides is 2. The highest BCUT2D eigenvalue weighted by Gasteiger charge is 2.07. The summed E-state index contributed by atoms with van der Waals surface area (Å²) in [6, 6.07) is 14.7. The Morgan fingerprint density at radius 3 is 2.37 bits per heavy atom. The molecule has 0 aliphatic rings. The van der Waals surface area contributed by atoms with Crippen molar-refractivity contribution >= 4 is 17.5 Å². The number of benzene rings is 2. The average molecular weight is 407 g/mol. The van der Waals surface area contributed by atoms with Crippen LogP contribution in [0, 0.1) is 0 Å². The largest absolute Gasteiger partial charge is 0.390 e. The van der Waals surface area contributed by atoms with E-state index < -0.39 is 0 Å². The van der Waals surface area contributed by atoms with E-state index in [1.807, 2.05) is 43.3 Å². The molecule has 0 fully saturated rings. The van der Waals surface area contributed by atoms with Crippen molar-refractivity contribution in [3.05, 3.63) is 77.1 Å². The zero-order valence-corrected chi connectivity index (χ0v) is 16.8. The summed E-state index contributed by atoms with van der Waals surface area (Å²) >= 11 is 0. The highest BCUT2D eigenvalue weighted by atomic mass is 16.3. The van der Waals surface area contributed by atoms with E-state index in [1.165, 1.54) is 0 Å². The maximum Gasteiger partial charge on any atom is 0.251 e. The van der Waals surface area contributed by atoms with E-state index in [0.29, 0.717) is 30.8 Å². The highest BCUT2D eigenvalue weighted by Crippen LogP contribution is 2.11. The fourth-order valence-electron chi connectivity index (χ4n) is 2.88. The molecular formula is C22H25N5O3. The molecule has 3 aromatic rings. The summed E-state index contributed by atoms with van der Waals surface area (Å²) in [5.41, 5.74) is 3.75. The number of anilines is 1. The van der Waals surface area contributed by atoms with E-state index >= 15 is 0 Å². The molecule has 156 valence electrons. The summed E-state index contributed by atoms with van der Waals surface area (Å²) in [7, 11) is 0. The Hall–Kier alpha value is -3.52. The maximum atomic E-state index is 12.4. The van der Waals surface area contributed by atoms with Gasteiger partial charge in [-0.2, -0.15) is 0 Å². The normalized spacial score (nSPS) is 10.6. The molecule has 0 saturated carbocycles. The predicted molar refractivity (Wildman–Crippen MR) is 113 cm³/mol. The predicted octanol–water partition coefficient (Wildman–Crippen LogP) is 2.49. The summed E-state index contributed by atoms with van der Waals surface area (Å²) < 4.78 is 1.63. The molecule has 0 spiro atoms. The fourth-order valence-corrected chi connectivity index (χ4v) is 2.88. The minimum Gasteiger partial charge on any atom is -0.390 e. The van der Waals surface area contributed by atoms with Crippen LogP contribution in [-0.4, -0.2) is 31.9 Å². The van der Waals surface area contributed by atoms with E-state index in [1.54, 1.807) is 23.0 Å². The third-order valence-electron chi connectivity index (χ3n) is 4.48. The van der Waals surface area contributed by atoms with E-state index in [2.05, 4.69) is 20.9 Å². The van der Waals surface area contributed by atoms with E-state index in [-0.39, 0.29) is 18.4 Å². The first-order valence-electron chi connectivity index (χ1n) is 9.83. The molecule has 3 N–H and O–H groups in total. The van der Waals surface area contributed by atoms with Crippen molar-refractivity contribution in [2.75, 3.05) is 5.32 Å². The molecule has 0 radical (unpaired) electrons. The van der Waals surface area contributed by atoms with Gasteiger partial charge in [0.1, 0.15) is 5.69 Å². The van der Waals surface area contributed by atoms with Crippen LogP contribution >= 0.6 is 0 Å². The second-order valence-corrected chi connectivity index (χ2v) is 6.94. The first-order chi connectivity index (χ1) is 14.6. The number of aromatic nitrogens is 3. The molecule has 1 aromatic heterocycles. The van der Waals surface area contributed by atoms with Gasteiger partial charge in [-0.05, 0) is 41.8 Å². The maximum absolute atomic E-state index is 12.4. The van der Waals surface area contributed by atoms with Gasteiger partial charge in [0.2, 0.25) is 5.91 Å².